The van der Waals surface area contributed by atoms with Gasteiger partial charge in [-0.2, -0.15) is 0 Å². The van der Waals surface area contributed by atoms with Crippen molar-refractivity contribution in [1.82, 2.24) is 0 Å². The van der Waals surface area contributed by atoms with Gasteiger partial charge in [-0.3, -0.25) is 0 Å². The normalized spacial score (nSPS) is 7.44. The molecule has 0 N–H and O–H groups in total. The van der Waals surface area contributed by atoms with E-state index in [0.717, 1.165) is 5.69 Å². The molecule has 0 amide bonds. The van der Waals surface area contributed by atoms with Crippen molar-refractivity contribution in [3.05, 3.63) is 37.8 Å². The maximum absolute atomic E-state index is 3.91. The maximum atomic E-state index is 3.91. The van der Waals surface area contributed by atoms with Gasteiger partial charge in [-0.1, -0.05) is 0 Å². The van der Waals surface area contributed by atoms with Crippen LogP contribution < -0.4 is 0 Å². The van der Waals surface area contributed by atoms with Crippen LogP contribution in [0.1, 0.15) is 0 Å². The van der Waals surface area contributed by atoms with Gasteiger partial charge >= 0.3 is 57.0 Å². The standard InChI is InChI=1S/C6H5N.CH3.V/c7-6-4-2-1-3-5-6;;/h1-5H;1H3;/q;-1;. The molecule has 0 aliphatic rings. The summed E-state index contributed by atoms with van der Waals surface area (Å²) in [6, 6.07) is 9.82. The molecule has 0 aromatic heterocycles. The first-order valence-electron chi connectivity index (χ1n) is 2.33. The van der Waals surface area contributed by atoms with Crippen LogP contribution >= 0.6 is 0 Å². The van der Waals surface area contributed by atoms with Crippen LogP contribution in [0.5, 0.6) is 0 Å². The van der Waals surface area contributed by atoms with Crippen molar-refractivity contribution in [1.29, 1.82) is 0 Å². The molecule has 0 atom stereocenters. The molecule has 0 saturated carbocycles. The Labute approximate surface area is 64.9 Å². The summed E-state index contributed by atoms with van der Waals surface area (Å²) in [7, 11) is 0. The van der Waals surface area contributed by atoms with Gasteiger partial charge in [0.25, 0.3) is 0 Å². The van der Waals surface area contributed by atoms with Gasteiger partial charge in [0.1, 0.15) is 0 Å². The number of hydrogen-bond acceptors (Lipinski definition) is 1. The Kier molecular flexibility index (Phi) is 4.28. The second-order valence-corrected chi connectivity index (χ2v) is 1.75. The third-order valence-electron chi connectivity index (χ3n) is 0.872. The van der Waals surface area contributed by atoms with Crippen molar-refractivity contribution in [3.63, 3.8) is 0 Å². The molecule has 1 rings (SSSR count). The first-order valence-corrected chi connectivity index (χ1v) is 2.96. The van der Waals surface area contributed by atoms with Gasteiger partial charge in [-0.05, 0) is 0 Å². The zero-order valence-corrected chi connectivity index (χ0v) is 6.68. The fourth-order valence-corrected chi connectivity index (χ4v) is 0.703. The Balaban J connectivity index is 0.000000640. The molecular weight excluding hydrogens is 149 g/mol. The van der Waals surface area contributed by atoms with Gasteiger partial charge in [-0.15, -0.1) is 0 Å². The number of nitrogens with zero attached hydrogens (tertiary/aromatic N) is 1. The van der Waals surface area contributed by atoms with Crippen molar-refractivity contribution >= 4 is 5.69 Å². The fraction of sp³-hybridized carbons (Fsp3) is 0. The molecule has 47 valence electrons. The summed E-state index contributed by atoms with van der Waals surface area (Å²) in [4.78, 5) is 0. The molecule has 0 bridgehead atoms. The molecule has 0 spiro atoms. The fourth-order valence-electron chi connectivity index (χ4n) is 0.495. The predicted molar refractivity (Wildman–Crippen MR) is 34.9 cm³/mol. The Morgan fingerprint density at radius 3 is 2.00 bits per heavy atom. The van der Waals surface area contributed by atoms with E-state index in [-0.39, 0.29) is 7.43 Å². The van der Waals surface area contributed by atoms with E-state index in [1.54, 1.807) is 0 Å². The van der Waals surface area contributed by atoms with Crippen LogP contribution in [-0.4, -0.2) is 0 Å². The first kappa shape index (κ1) is 8.60. The van der Waals surface area contributed by atoms with E-state index in [9.17, 15) is 0 Å². The average molecular weight is 157 g/mol. The van der Waals surface area contributed by atoms with Crippen LogP contribution in [0.15, 0.2) is 34.1 Å². The third kappa shape index (κ3) is 2.59. The Morgan fingerprint density at radius 1 is 1.11 bits per heavy atom. The summed E-state index contributed by atoms with van der Waals surface area (Å²) in [5, 5.41) is 0. The predicted octanol–water partition coefficient (Wildman–Crippen LogP) is 2.50. The summed E-state index contributed by atoms with van der Waals surface area (Å²) in [5.74, 6) is 0. The molecule has 0 heterocycles. The molecule has 0 unspecified atom stereocenters. The molecule has 0 aliphatic carbocycles. The SMILES string of the molecule is [CH3-].[V]=[N]c1ccccc1. The molecule has 9 heavy (non-hydrogen) atoms. The van der Waals surface area contributed by atoms with E-state index in [1.807, 2.05) is 30.3 Å². The van der Waals surface area contributed by atoms with E-state index in [1.165, 1.54) is 0 Å². The van der Waals surface area contributed by atoms with Crippen LogP contribution in [0, 0.1) is 7.43 Å². The monoisotopic (exact) mass is 157 g/mol. The van der Waals surface area contributed by atoms with Crippen LogP contribution in [0.4, 0.5) is 5.69 Å². The van der Waals surface area contributed by atoms with Crippen molar-refractivity contribution in [2.24, 2.45) is 3.79 Å². The van der Waals surface area contributed by atoms with Crippen LogP contribution in [0.3, 0.4) is 0 Å². The van der Waals surface area contributed by atoms with E-state index in [4.69, 9.17) is 0 Å². The Hall–Kier alpha value is -0.396. The summed E-state index contributed by atoms with van der Waals surface area (Å²) < 4.78 is 3.91. The summed E-state index contributed by atoms with van der Waals surface area (Å²) in [6.45, 7) is 0. The second kappa shape index (κ2) is 4.48. The molecule has 0 radical (unpaired) electrons. The number of rotatable bonds is 1. The van der Waals surface area contributed by atoms with Gasteiger partial charge in [0.15, 0.2) is 0 Å². The number of hydrogen-bond donors (Lipinski definition) is 0. The zero-order valence-electron chi connectivity index (χ0n) is 5.28. The average Bonchev–Trinajstić information content (AvgIpc) is 1.90. The third-order valence-corrected chi connectivity index (χ3v) is 1.23. The van der Waals surface area contributed by atoms with Gasteiger partial charge in [-0.25, -0.2) is 0 Å². The first-order chi connectivity index (χ1) is 3.93. The van der Waals surface area contributed by atoms with Crippen molar-refractivity contribution < 1.29 is 17.2 Å². The summed E-state index contributed by atoms with van der Waals surface area (Å²) >= 11 is 2.19. The van der Waals surface area contributed by atoms with E-state index >= 15 is 0 Å². The molecule has 2 heteroatoms. The molecule has 0 aliphatic heterocycles. The molecule has 0 saturated heterocycles. The van der Waals surface area contributed by atoms with Crippen LogP contribution in [-0.2, 0) is 17.2 Å². The van der Waals surface area contributed by atoms with Gasteiger partial charge in [0, 0.05) is 0 Å². The van der Waals surface area contributed by atoms with Crippen LogP contribution in [0.25, 0.3) is 0 Å². The van der Waals surface area contributed by atoms with Crippen LogP contribution in [0.2, 0.25) is 0 Å². The topological polar surface area (TPSA) is 12.4 Å². The summed E-state index contributed by atoms with van der Waals surface area (Å²) in [6.07, 6.45) is 0. The second-order valence-electron chi connectivity index (χ2n) is 1.44. The minimum atomic E-state index is 0. The molecule has 1 nitrogen and oxygen atoms in total. The van der Waals surface area contributed by atoms with E-state index < -0.39 is 0 Å². The minimum absolute atomic E-state index is 0. The van der Waals surface area contributed by atoms with Gasteiger partial charge in [0.2, 0.25) is 0 Å². The van der Waals surface area contributed by atoms with E-state index in [2.05, 4.69) is 21.0 Å². The van der Waals surface area contributed by atoms with Gasteiger partial charge < -0.3 is 7.43 Å². The Bertz CT molecular complexity index is 172. The molecular formula is C7H8NV-. The molecule has 1 aromatic rings. The van der Waals surface area contributed by atoms with Crippen molar-refractivity contribution in [2.45, 2.75) is 0 Å². The van der Waals surface area contributed by atoms with Crippen molar-refractivity contribution in [3.8, 4) is 0 Å². The molecule has 0 fully saturated rings. The van der Waals surface area contributed by atoms with Crippen molar-refractivity contribution in [2.75, 3.05) is 0 Å². The van der Waals surface area contributed by atoms with E-state index in [0.29, 0.717) is 0 Å². The molecule has 1 aromatic carbocycles. The number of benzene rings is 1. The Morgan fingerprint density at radius 2 is 1.67 bits per heavy atom. The quantitative estimate of drug-likeness (QED) is 0.555. The van der Waals surface area contributed by atoms with Gasteiger partial charge in [0.05, 0.1) is 0 Å². The summed E-state index contributed by atoms with van der Waals surface area (Å²) in [5.41, 5.74) is 1.01. The zero-order chi connectivity index (χ0) is 5.82.